The zero-order valence-corrected chi connectivity index (χ0v) is 18.3. The third kappa shape index (κ3) is 4.27. The van der Waals surface area contributed by atoms with Gasteiger partial charge in [-0.3, -0.25) is 9.59 Å². The van der Waals surface area contributed by atoms with Crippen molar-refractivity contribution in [2.75, 3.05) is 12.4 Å². The zero-order chi connectivity index (χ0) is 22.7. The molecule has 0 aliphatic heterocycles. The van der Waals surface area contributed by atoms with Gasteiger partial charge in [0.1, 0.15) is 11.5 Å². The Labute approximate surface area is 186 Å². The number of furan rings is 1. The van der Waals surface area contributed by atoms with Gasteiger partial charge in [0.25, 0.3) is 11.8 Å². The van der Waals surface area contributed by atoms with Crippen LogP contribution in [-0.4, -0.2) is 24.6 Å². The number of benzene rings is 2. The van der Waals surface area contributed by atoms with Gasteiger partial charge >= 0.3 is 0 Å². The number of fused-ring (bicyclic) bond motifs is 1. The summed E-state index contributed by atoms with van der Waals surface area (Å²) < 4.78 is 11.1. The average Bonchev–Trinajstić information content (AvgIpc) is 3.15. The maximum atomic E-state index is 12.9. The maximum absolute atomic E-state index is 12.9. The molecule has 1 aromatic heterocycles. The fourth-order valence-corrected chi connectivity index (χ4v) is 3.87. The summed E-state index contributed by atoms with van der Waals surface area (Å²) in [6.45, 7) is 3.73. The highest BCUT2D eigenvalue weighted by Gasteiger charge is 2.28. The van der Waals surface area contributed by atoms with Crippen molar-refractivity contribution in [2.24, 2.45) is 5.10 Å². The average molecular weight is 431 g/mol. The minimum Gasteiger partial charge on any atom is -0.497 e. The van der Waals surface area contributed by atoms with Crippen molar-refractivity contribution in [3.8, 4) is 5.75 Å². The Hall–Kier alpha value is -3.87. The Morgan fingerprint density at radius 1 is 1.00 bits per heavy atom. The van der Waals surface area contributed by atoms with Crippen LogP contribution in [0.3, 0.4) is 0 Å². The summed E-state index contributed by atoms with van der Waals surface area (Å²) in [6, 6.07) is 14.4. The summed E-state index contributed by atoms with van der Waals surface area (Å²) in [7, 11) is 1.59. The number of methoxy groups -OCH3 is 1. The molecule has 4 rings (SSSR count). The van der Waals surface area contributed by atoms with Crippen LogP contribution in [-0.2, 0) is 6.42 Å². The second kappa shape index (κ2) is 9.09. The van der Waals surface area contributed by atoms with Gasteiger partial charge in [0.2, 0.25) is 0 Å². The molecule has 0 unspecified atom stereocenters. The number of aryl methyl sites for hydroxylation is 2. The van der Waals surface area contributed by atoms with Crippen LogP contribution < -0.4 is 15.5 Å². The summed E-state index contributed by atoms with van der Waals surface area (Å²) >= 11 is 0. The van der Waals surface area contributed by atoms with E-state index in [1.807, 2.05) is 32.0 Å². The van der Waals surface area contributed by atoms with Crippen LogP contribution in [0.1, 0.15) is 56.2 Å². The molecule has 3 aromatic rings. The Balaban J connectivity index is 1.55. The van der Waals surface area contributed by atoms with Crippen LogP contribution in [0.2, 0.25) is 0 Å². The highest BCUT2D eigenvalue weighted by molar-refractivity contribution is 6.09. The van der Waals surface area contributed by atoms with Gasteiger partial charge in [-0.05, 0) is 62.6 Å². The molecule has 1 aliphatic rings. The molecule has 0 saturated heterocycles. The minimum absolute atomic E-state index is 0.255. The molecular weight excluding hydrogens is 406 g/mol. The number of carbonyl (C=O) groups is 2. The first-order valence-electron chi connectivity index (χ1n) is 10.5. The van der Waals surface area contributed by atoms with E-state index in [1.54, 1.807) is 37.4 Å². The molecule has 2 aromatic carbocycles. The molecule has 2 amide bonds. The van der Waals surface area contributed by atoms with Crippen LogP contribution >= 0.6 is 0 Å². The monoisotopic (exact) mass is 431 g/mol. The van der Waals surface area contributed by atoms with Crippen molar-refractivity contribution in [1.82, 2.24) is 5.43 Å². The van der Waals surface area contributed by atoms with Gasteiger partial charge in [-0.1, -0.05) is 18.2 Å². The highest BCUT2D eigenvalue weighted by atomic mass is 16.5. The standard InChI is InChI=1S/C25H25N3O4/c1-15-7-4-5-8-19(15)24(29)28-27-20-9-6-10-21-22(20)16(2)23(32-21)25(30)26-17-11-13-18(31-3)14-12-17/h4-5,7-8,11-14H,6,9-10H2,1-3H3,(H,26,30)(H,28,29)/b27-20+. The number of hydrazone groups is 1. The van der Waals surface area contributed by atoms with Crippen LogP contribution in [0.4, 0.5) is 5.69 Å². The molecule has 0 saturated carbocycles. The van der Waals surface area contributed by atoms with Crippen molar-refractivity contribution in [3.05, 3.63) is 82.3 Å². The summed E-state index contributed by atoms with van der Waals surface area (Å²) in [6.07, 6.45) is 2.25. The van der Waals surface area contributed by atoms with Crippen molar-refractivity contribution in [2.45, 2.75) is 33.1 Å². The number of anilines is 1. The summed E-state index contributed by atoms with van der Waals surface area (Å²) in [4.78, 5) is 25.4. The van der Waals surface area contributed by atoms with E-state index in [9.17, 15) is 9.59 Å². The lowest BCUT2D eigenvalue weighted by molar-refractivity contribution is 0.0953. The highest BCUT2D eigenvalue weighted by Crippen LogP contribution is 2.30. The Bertz CT molecular complexity index is 1190. The lowest BCUT2D eigenvalue weighted by Crippen LogP contribution is -2.22. The van der Waals surface area contributed by atoms with E-state index in [1.165, 1.54) is 0 Å². The van der Waals surface area contributed by atoms with Crippen LogP contribution in [0.25, 0.3) is 0 Å². The Morgan fingerprint density at radius 2 is 1.75 bits per heavy atom. The molecule has 0 bridgehead atoms. The van der Waals surface area contributed by atoms with Crippen LogP contribution in [0.5, 0.6) is 5.75 Å². The van der Waals surface area contributed by atoms with Crippen molar-refractivity contribution in [1.29, 1.82) is 0 Å². The lowest BCUT2D eigenvalue weighted by atomic mass is 9.93. The van der Waals surface area contributed by atoms with E-state index in [4.69, 9.17) is 9.15 Å². The number of nitrogens with zero attached hydrogens (tertiary/aromatic N) is 1. The second-order valence-corrected chi connectivity index (χ2v) is 7.70. The Morgan fingerprint density at radius 3 is 2.47 bits per heavy atom. The van der Waals surface area contributed by atoms with Gasteiger partial charge in [-0.2, -0.15) is 5.10 Å². The number of ether oxygens (including phenoxy) is 1. The predicted molar refractivity (Wildman–Crippen MR) is 123 cm³/mol. The van der Waals surface area contributed by atoms with Crippen molar-refractivity contribution < 1.29 is 18.7 Å². The molecule has 1 aliphatic carbocycles. The molecule has 32 heavy (non-hydrogen) atoms. The molecular formula is C25H25N3O4. The van der Waals surface area contributed by atoms with Crippen molar-refractivity contribution in [3.63, 3.8) is 0 Å². The predicted octanol–water partition coefficient (Wildman–Crippen LogP) is 4.63. The van der Waals surface area contributed by atoms with E-state index in [0.717, 1.165) is 41.0 Å². The van der Waals surface area contributed by atoms with Gasteiger partial charge < -0.3 is 14.5 Å². The molecule has 2 N–H and O–H groups in total. The minimum atomic E-state index is -0.328. The smallest absolute Gasteiger partial charge is 0.291 e. The summed E-state index contributed by atoms with van der Waals surface area (Å²) in [5.74, 6) is 1.09. The van der Waals surface area contributed by atoms with E-state index < -0.39 is 0 Å². The second-order valence-electron chi connectivity index (χ2n) is 7.70. The van der Waals surface area contributed by atoms with E-state index in [2.05, 4.69) is 15.8 Å². The van der Waals surface area contributed by atoms with Crippen LogP contribution in [0, 0.1) is 13.8 Å². The summed E-state index contributed by atoms with van der Waals surface area (Å²) in [5.41, 5.74) is 7.01. The van der Waals surface area contributed by atoms with E-state index >= 15 is 0 Å². The quantitative estimate of drug-likeness (QED) is 0.576. The number of hydrogen-bond donors (Lipinski definition) is 2. The fourth-order valence-electron chi connectivity index (χ4n) is 3.87. The molecule has 7 heteroatoms. The maximum Gasteiger partial charge on any atom is 0.291 e. The Kier molecular flexibility index (Phi) is 6.07. The normalized spacial score (nSPS) is 14.0. The first-order valence-corrected chi connectivity index (χ1v) is 10.5. The number of carbonyl (C=O) groups excluding carboxylic acids is 2. The molecule has 1 heterocycles. The van der Waals surface area contributed by atoms with Crippen molar-refractivity contribution >= 4 is 23.2 Å². The number of hydrogen-bond acceptors (Lipinski definition) is 5. The SMILES string of the molecule is COc1ccc(NC(=O)c2oc3c(c2C)/C(=N/NC(=O)c2ccccc2C)CCC3)cc1. The van der Waals surface area contributed by atoms with Gasteiger partial charge in [0.15, 0.2) is 5.76 Å². The largest absolute Gasteiger partial charge is 0.497 e. The van der Waals surface area contributed by atoms with E-state index in [-0.39, 0.29) is 17.6 Å². The van der Waals surface area contributed by atoms with E-state index in [0.29, 0.717) is 23.4 Å². The third-order valence-electron chi connectivity index (χ3n) is 5.56. The molecule has 164 valence electrons. The molecule has 0 fully saturated rings. The number of amides is 2. The third-order valence-corrected chi connectivity index (χ3v) is 5.56. The van der Waals surface area contributed by atoms with Crippen LogP contribution in [0.15, 0.2) is 58.0 Å². The van der Waals surface area contributed by atoms with Gasteiger partial charge in [0, 0.05) is 28.8 Å². The fraction of sp³-hybridized carbons (Fsp3) is 0.240. The molecule has 0 radical (unpaired) electrons. The molecule has 0 spiro atoms. The van der Waals surface area contributed by atoms with Gasteiger partial charge in [-0.25, -0.2) is 5.43 Å². The first-order chi connectivity index (χ1) is 15.5. The topological polar surface area (TPSA) is 92.9 Å². The molecule has 0 atom stereocenters. The van der Waals surface area contributed by atoms with Gasteiger partial charge in [0.05, 0.1) is 12.8 Å². The first kappa shape index (κ1) is 21.4. The zero-order valence-electron chi connectivity index (χ0n) is 18.3. The molecule has 7 nitrogen and oxygen atoms in total. The summed E-state index contributed by atoms with van der Waals surface area (Å²) in [5, 5.41) is 7.24. The van der Waals surface area contributed by atoms with Gasteiger partial charge in [-0.15, -0.1) is 0 Å². The number of nitrogens with one attached hydrogen (secondary N) is 2. The lowest BCUT2D eigenvalue weighted by Gasteiger charge is -2.13. The number of rotatable bonds is 5.